The summed E-state index contributed by atoms with van der Waals surface area (Å²) in [6.45, 7) is 6.89. The van der Waals surface area contributed by atoms with Crippen molar-refractivity contribution in [2.75, 3.05) is 18.4 Å². The number of ether oxygens (including phenoxy) is 1. The Bertz CT molecular complexity index is 769. The van der Waals surface area contributed by atoms with Crippen molar-refractivity contribution in [3.63, 3.8) is 0 Å². The number of nitrogens with two attached hydrogens (primary N) is 1. The summed E-state index contributed by atoms with van der Waals surface area (Å²) >= 11 is 0. The van der Waals surface area contributed by atoms with Crippen molar-refractivity contribution in [3.8, 4) is 5.75 Å². The quantitative estimate of drug-likeness (QED) is 0.754. The van der Waals surface area contributed by atoms with E-state index in [1.54, 1.807) is 32.0 Å². The summed E-state index contributed by atoms with van der Waals surface area (Å²) in [5, 5.41) is 2.78. The minimum atomic E-state index is -0.533. The summed E-state index contributed by atoms with van der Waals surface area (Å²) in [6.07, 6.45) is 1.68. The molecular weight excluding hydrogens is 358 g/mol. The van der Waals surface area contributed by atoms with E-state index in [2.05, 4.69) is 12.2 Å². The second-order valence-electron chi connectivity index (χ2n) is 8.02. The molecule has 0 aromatic heterocycles. The molecule has 7 nitrogen and oxygen atoms in total. The van der Waals surface area contributed by atoms with Crippen LogP contribution in [-0.2, 0) is 9.59 Å². The van der Waals surface area contributed by atoms with Crippen molar-refractivity contribution in [3.05, 3.63) is 23.8 Å². The second kappa shape index (κ2) is 8.31. The number of nitrogens with one attached hydrogen (secondary N) is 1. The lowest BCUT2D eigenvalue weighted by molar-refractivity contribution is -0.133. The van der Waals surface area contributed by atoms with Gasteiger partial charge in [0.15, 0.2) is 11.9 Å². The predicted molar refractivity (Wildman–Crippen MR) is 106 cm³/mol. The first kappa shape index (κ1) is 20.3. The molecule has 0 saturated carbocycles. The third-order valence-corrected chi connectivity index (χ3v) is 5.79. The summed E-state index contributed by atoms with van der Waals surface area (Å²) in [5.74, 6) is 1.05. The Morgan fingerprint density at radius 2 is 1.96 bits per heavy atom. The number of rotatable bonds is 5. The lowest BCUT2D eigenvalue weighted by atomic mass is 9.81. The van der Waals surface area contributed by atoms with Crippen LogP contribution in [0.3, 0.4) is 0 Å². The van der Waals surface area contributed by atoms with Crippen LogP contribution in [0.5, 0.6) is 5.75 Å². The molecule has 1 aromatic carbocycles. The minimum absolute atomic E-state index is 0.00479. The zero-order valence-corrected chi connectivity index (χ0v) is 16.7. The zero-order valence-electron chi connectivity index (χ0n) is 16.7. The first-order valence-corrected chi connectivity index (χ1v) is 9.95. The van der Waals surface area contributed by atoms with E-state index in [0.717, 1.165) is 12.8 Å². The van der Waals surface area contributed by atoms with E-state index >= 15 is 0 Å². The van der Waals surface area contributed by atoms with E-state index in [9.17, 15) is 14.4 Å². The maximum atomic E-state index is 12.8. The molecule has 1 aromatic rings. The number of likely N-dealkylation sites (tertiary alicyclic amines) is 1. The maximum absolute atomic E-state index is 12.8. The fourth-order valence-electron chi connectivity index (χ4n) is 3.94. The van der Waals surface area contributed by atoms with Gasteiger partial charge in [-0.3, -0.25) is 14.4 Å². The van der Waals surface area contributed by atoms with E-state index in [1.807, 2.05) is 4.90 Å². The Morgan fingerprint density at radius 3 is 2.61 bits per heavy atom. The lowest BCUT2D eigenvalue weighted by Gasteiger charge is -2.35. The van der Waals surface area contributed by atoms with Crippen molar-refractivity contribution in [2.45, 2.75) is 52.2 Å². The highest BCUT2D eigenvalue weighted by Crippen LogP contribution is 2.32. The highest BCUT2D eigenvalue weighted by molar-refractivity contribution is 6.01. The van der Waals surface area contributed by atoms with Gasteiger partial charge in [0.1, 0.15) is 5.75 Å². The van der Waals surface area contributed by atoms with Gasteiger partial charge < -0.3 is 20.7 Å². The SMILES string of the molecule is CC1Oc2ccc(C(=O)CC(C)C3CCN(C(=O)[C@H](C)N)CC3)cc2NC1=O. The highest BCUT2D eigenvalue weighted by Gasteiger charge is 2.29. The molecular formula is C21H29N3O4. The van der Waals surface area contributed by atoms with E-state index in [0.29, 0.717) is 42.4 Å². The second-order valence-corrected chi connectivity index (χ2v) is 8.02. The predicted octanol–water partition coefficient (Wildman–Crippen LogP) is 2.20. The largest absolute Gasteiger partial charge is 0.479 e. The van der Waals surface area contributed by atoms with Crippen LogP contribution in [0.1, 0.15) is 50.4 Å². The molecule has 2 aliphatic rings. The summed E-state index contributed by atoms with van der Waals surface area (Å²) in [7, 11) is 0. The number of fused-ring (bicyclic) bond motifs is 1. The number of hydrogen-bond donors (Lipinski definition) is 2. The van der Waals surface area contributed by atoms with Crippen LogP contribution in [0.25, 0.3) is 0 Å². The molecule has 2 aliphatic heterocycles. The monoisotopic (exact) mass is 387 g/mol. The number of amides is 2. The molecule has 3 N–H and O–H groups in total. The van der Waals surface area contributed by atoms with E-state index < -0.39 is 12.1 Å². The Balaban J connectivity index is 1.57. The number of carbonyl (C=O) groups excluding carboxylic acids is 3. The van der Waals surface area contributed by atoms with Crippen LogP contribution in [0, 0.1) is 11.8 Å². The van der Waals surface area contributed by atoms with Gasteiger partial charge in [-0.2, -0.15) is 0 Å². The first-order valence-electron chi connectivity index (χ1n) is 9.95. The number of ketones is 1. The topological polar surface area (TPSA) is 102 Å². The first-order chi connectivity index (χ1) is 13.3. The molecule has 1 fully saturated rings. The summed E-state index contributed by atoms with van der Waals surface area (Å²) in [4.78, 5) is 38.4. The van der Waals surface area contributed by atoms with Gasteiger partial charge in [-0.05, 0) is 56.7 Å². The maximum Gasteiger partial charge on any atom is 0.265 e. The molecule has 0 radical (unpaired) electrons. The Hall–Kier alpha value is -2.41. The summed E-state index contributed by atoms with van der Waals surface area (Å²) in [6, 6.07) is 4.72. The molecule has 0 aliphatic carbocycles. The molecule has 3 rings (SSSR count). The number of hydrogen-bond acceptors (Lipinski definition) is 5. The van der Waals surface area contributed by atoms with Crippen LogP contribution >= 0.6 is 0 Å². The Labute approximate surface area is 165 Å². The van der Waals surface area contributed by atoms with Gasteiger partial charge in [0, 0.05) is 25.1 Å². The number of benzene rings is 1. The van der Waals surface area contributed by atoms with Crippen molar-refractivity contribution >= 4 is 23.3 Å². The van der Waals surface area contributed by atoms with Gasteiger partial charge in [0.05, 0.1) is 11.7 Å². The van der Waals surface area contributed by atoms with Crippen molar-refractivity contribution in [2.24, 2.45) is 17.6 Å². The van der Waals surface area contributed by atoms with Crippen molar-refractivity contribution < 1.29 is 19.1 Å². The van der Waals surface area contributed by atoms with Gasteiger partial charge in [-0.25, -0.2) is 0 Å². The number of nitrogens with zero attached hydrogens (tertiary/aromatic N) is 1. The minimum Gasteiger partial charge on any atom is -0.479 e. The third-order valence-electron chi connectivity index (χ3n) is 5.79. The van der Waals surface area contributed by atoms with Gasteiger partial charge in [-0.1, -0.05) is 6.92 Å². The molecule has 2 unspecified atom stereocenters. The standard InChI is InChI=1S/C21H29N3O4/c1-12(15-6-8-24(9-7-15)21(27)13(2)22)10-18(25)16-4-5-19-17(11-16)23-20(26)14(3)28-19/h4-5,11-15H,6-10,22H2,1-3H3,(H,23,26)/t12?,13-,14?/m0/s1. The Kier molecular flexibility index (Phi) is 6.03. The molecule has 152 valence electrons. The molecule has 28 heavy (non-hydrogen) atoms. The van der Waals surface area contributed by atoms with Gasteiger partial charge in [0.25, 0.3) is 5.91 Å². The van der Waals surface area contributed by atoms with Gasteiger partial charge in [0.2, 0.25) is 5.91 Å². The Morgan fingerprint density at radius 1 is 1.29 bits per heavy atom. The van der Waals surface area contributed by atoms with Crippen LogP contribution in [0.2, 0.25) is 0 Å². The molecule has 1 saturated heterocycles. The van der Waals surface area contributed by atoms with Crippen LogP contribution in [-0.4, -0.2) is 47.7 Å². The molecule has 2 heterocycles. The van der Waals surface area contributed by atoms with E-state index in [4.69, 9.17) is 10.5 Å². The lowest BCUT2D eigenvalue weighted by Crippen LogP contribution is -2.46. The number of carbonyl (C=O) groups is 3. The molecule has 2 amide bonds. The normalized spacial score (nSPS) is 21.9. The summed E-state index contributed by atoms with van der Waals surface area (Å²) < 4.78 is 5.54. The number of Topliss-reactive ketones (excluding diaryl/α,β-unsaturated/α-hetero) is 1. The van der Waals surface area contributed by atoms with Crippen LogP contribution in [0.4, 0.5) is 5.69 Å². The summed E-state index contributed by atoms with van der Waals surface area (Å²) in [5.41, 5.74) is 6.81. The average Bonchev–Trinajstić information content (AvgIpc) is 2.67. The van der Waals surface area contributed by atoms with Gasteiger partial charge in [-0.15, -0.1) is 0 Å². The van der Waals surface area contributed by atoms with Gasteiger partial charge >= 0.3 is 0 Å². The van der Waals surface area contributed by atoms with Crippen molar-refractivity contribution in [1.29, 1.82) is 0 Å². The third kappa shape index (κ3) is 4.35. The van der Waals surface area contributed by atoms with Crippen LogP contribution < -0.4 is 15.8 Å². The highest BCUT2D eigenvalue weighted by atomic mass is 16.5. The zero-order chi connectivity index (χ0) is 20.4. The number of anilines is 1. The fourth-order valence-corrected chi connectivity index (χ4v) is 3.94. The van der Waals surface area contributed by atoms with E-state index in [1.165, 1.54) is 0 Å². The van der Waals surface area contributed by atoms with Crippen LogP contribution in [0.15, 0.2) is 18.2 Å². The average molecular weight is 387 g/mol. The van der Waals surface area contributed by atoms with Crippen molar-refractivity contribution in [1.82, 2.24) is 4.90 Å². The smallest absolute Gasteiger partial charge is 0.265 e. The fraction of sp³-hybridized carbons (Fsp3) is 0.571. The molecule has 0 spiro atoms. The number of piperidine rings is 1. The molecule has 7 heteroatoms. The molecule has 0 bridgehead atoms. The molecule has 3 atom stereocenters. The van der Waals surface area contributed by atoms with E-state index in [-0.39, 0.29) is 23.5 Å².